The Morgan fingerprint density at radius 2 is 1.76 bits per heavy atom. The van der Waals surface area contributed by atoms with Crippen LogP contribution in [0.15, 0.2) is 42.6 Å². The number of likely N-dealkylation sites (N-methyl/N-ethyl adjacent to an activating group) is 1. The molecule has 1 N–H and O–H groups in total. The summed E-state index contributed by atoms with van der Waals surface area (Å²) in [6.45, 7) is 12.6. The zero-order valence-corrected chi connectivity index (χ0v) is 17.7. The van der Waals surface area contributed by atoms with Crippen molar-refractivity contribution in [2.45, 2.75) is 33.1 Å². The highest BCUT2D eigenvalue weighted by atomic mass is 16.2. The minimum Gasteiger partial charge on any atom is -0.335 e. The molecule has 0 bridgehead atoms. The number of aromatic nitrogens is 1. The van der Waals surface area contributed by atoms with Gasteiger partial charge >= 0.3 is 0 Å². The van der Waals surface area contributed by atoms with Gasteiger partial charge in [0.05, 0.1) is 0 Å². The number of carbonyl (C=O) groups is 2. The second-order valence-electron chi connectivity index (χ2n) is 8.41. The number of pyridine rings is 1. The summed E-state index contributed by atoms with van der Waals surface area (Å²) in [7, 11) is 0. The number of rotatable bonds is 4. The van der Waals surface area contributed by atoms with Crippen LogP contribution in [0.1, 0.15) is 54.1 Å². The number of nitrogens with one attached hydrogen (secondary N) is 1. The molecule has 0 saturated carbocycles. The van der Waals surface area contributed by atoms with Gasteiger partial charge < -0.3 is 15.1 Å². The van der Waals surface area contributed by atoms with Crippen LogP contribution in [-0.4, -0.2) is 59.3 Å². The number of para-hydroxylation sites is 1. The summed E-state index contributed by atoms with van der Waals surface area (Å²) in [6.07, 6.45) is 1.53. The number of amides is 2. The molecule has 1 aromatic heterocycles. The molecule has 0 unspecified atom stereocenters. The third-order valence-electron chi connectivity index (χ3n) is 5.33. The predicted molar refractivity (Wildman–Crippen MR) is 115 cm³/mol. The molecule has 2 aromatic rings. The maximum Gasteiger partial charge on any atom is 0.272 e. The van der Waals surface area contributed by atoms with Gasteiger partial charge in [-0.25, -0.2) is 0 Å². The van der Waals surface area contributed by atoms with Crippen molar-refractivity contribution in [2.75, 3.05) is 38.0 Å². The van der Waals surface area contributed by atoms with Gasteiger partial charge in [0.2, 0.25) is 0 Å². The van der Waals surface area contributed by atoms with Crippen molar-refractivity contribution >= 4 is 17.5 Å². The Morgan fingerprint density at radius 1 is 1.07 bits per heavy atom. The van der Waals surface area contributed by atoms with E-state index in [1.165, 1.54) is 6.20 Å². The number of piperazine rings is 1. The van der Waals surface area contributed by atoms with Crippen LogP contribution in [0.25, 0.3) is 0 Å². The predicted octanol–water partition coefficient (Wildman–Crippen LogP) is 3.41. The lowest BCUT2D eigenvalue weighted by Crippen LogP contribution is -2.48. The molecule has 2 amide bonds. The molecule has 1 aromatic carbocycles. The van der Waals surface area contributed by atoms with E-state index in [4.69, 9.17) is 0 Å². The minimum atomic E-state index is -0.242. The highest BCUT2D eigenvalue weighted by Gasteiger charge is 2.23. The van der Waals surface area contributed by atoms with Crippen molar-refractivity contribution in [3.8, 4) is 0 Å². The first kappa shape index (κ1) is 21.0. The smallest absolute Gasteiger partial charge is 0.272 e. The Bertz CT molecular complexity index is 880. The minimum absolute atomic E-state index is 0.0934. The molecule has 0 radical (unpaired) electrons. The average molecular weight is 395 g/mol. The van der Waals surface area contributed by atoms with Gasteiger partial charge in [0.15, 0.2) is 0 Å². The Labute approximate surface area is 172 Å². The Morgan fingerprint density at radius 3 is 2.41 bits per heavy atom. The van der Waals surface area contributed by atoms with E-state index in [-0.39, 0.29) is 17.2 Å². The molecule has 0 aliphatic carbocycles. The van der Waals surface area contributed by atoms with Gasteiger partial charge in [-0.3, -0.25) is 14.6 Å². The first-order valence-corrected chi connectivity index (χ1v) is 10.2. The van der Waals surface area contributed by atoms with Crippen LogP contribution in [0.3, 0.4) is 0 Å². The fourth-order valence-electron chi connectivity index (χ4n) is 3.56. The van der Waals surface area contributed by atoms with Gasteiger partial charge in [0, 0.05) is 43.6 Å². The molecule has 6 nitrogen and oxygen atoms in total. The lowest BCUT2D eigenvalue weighted by Gasteiger charge is -2.33. The van der Waals surface area contributed by atoms with Crippen LogP contribution in [0, 0.1) is 0 Å². The number of hydrogen-bond acceptors (Lipinski definition) is 4. The number of hydrogen-bond donors (Lipinski definition) is 1. The summed E-state index contributed by atoms with van der Waals surface area (Å²) in [4.78, 5) is 34.0. The number of anilines is 1. The maximum atomic E-state index is 12.9. The van der Waals surface area contributed by atoms with Gasteiger partial charge in [-0.1, -0.05) is 45.9 Å². The van der Waals surface area contributed by atoms with Gasteiger partial charge in [0.1, 0.15) is 5.69 Å². The highest BCUT2D eigenvalue weighted by Crippen LogP contribution is 2.29. The van der Waals surface area contributed by atoms with Crippen molar-refractivity contribution in [1.29, 1.82) is 0 Å². The normalized spacial score (nSPS) is 15.2. The number of carbonyl (C=O) groups excluding carboxylic acids is 2. The summed E-state index contributed by atoms with van der Waals surface area (Å²) in [5.41, 5.74) is 2.49. The van der Waals surface area contributed by atoms with E-state index in [9.17, 15) is 9.59 Å². The van der Waals surface area contributed by atoms with Gasteiger partial charge in [-0.15, -0.1) is 0 Å². The van der Waals surface area contributed by atoms with E-state index in [1.807, 2.05) is 29.2 Å². The zero-order chi connectivity index (χ0) is 21.0. The van der Waals surface area contributed by atoms with Crippen LogP contribution in [0.4, 0.5) is 5.69 Å². The first-order chi connectivity index (χ1) is 13.8. The second kappa shape index (κ2) is 8.74. The lowest BCUT2D eigenvalue weighted by atomic mass is 9.86. The molecular formula is C23H30N4O2. The fraction of sp³-hybridized carbons (Fsp3) is 0.435. The Kier molecular flexibility index (Phi) is 6.33. The summed E-state index contributed by atoms with van der Waals surface area (Å²) in [5, 5.41) is 2.99. The summed E-state index contributed by atoms with van der Waals surface area (Å²) in [6, 6.07) is 11.0. The van der Waals surface area contributed by atoms with Crippen molar-refractivity contribution in [1.82, 2.24) is 14.8 Å². The van der Waals surface area contributed by atoms with Crippen molar-refractivity contribution in [3.05, 3.63) is 59.4 Å². The third kappa shape index (κ3) is 5.01. The van der Waals surface area contributed by atoms with Crippen LogP contribution in [-0.2, 0) is 5.41 Å². The molecule has 2 heterocycles. The summed E-state index contributed by atoms with van der Waals surface area (Å²) < 4.78 is 0. The van der Waals surface area contributed by atoms with E-state index in [1.54, 1.807) is 12.1 Å². The van der Waals surface area contributed by atoms with E-state index in [2.05, 4.69) is 42.9 Å². The van der Waals surface area contributed by atoms with Crippen LogP contribution < -0.4 is 5.32 Å². The Balaban J connectivity index is 1.75. The quantitative estimate of drug-likeness (QED) is 0.863. The molecule has 1 aliphatic heterocycles. The lowest BCUT2D eigenvalue weighted by molar-refractivity contribution is 0.0637. The second-order valence-corrected chi connectivity index (χ2v) is 8.41. The standard InChI is InChI=1S/C23H30N4O2/c1-5-26-12-14-27(15-13-26)22(29)20-16-17(10-11-24-20)21(28)25-19-9-7-6-8-18(19)23(2,3)4/h6-11,16H,5,12-15H2,1-4H3,(H,25,28). The van der Waals surface area contributed by atoms with Crippen LogP contribution in [0.5, 0.6) is 0 Å². The fourth-order valence-corrected chi connectivity index (χ4v) is 3.56. The largest absolute Gasteiger partial charge is 0.335 e. The van der Waals surface area contributed by atoms with E-state index in [0.29, 0.717) is 24.3 Å². The van der Waals surface area contributed by atoms with Crippen LogP contribution in [0.2, 0.25) is 0 Å². The zero-order valence-electron chi connectivity index (χ0n) is 17.7. The first-order valence-electron chi connectivity index (χ1n) is 10.2. The van der Waals surface area contributed by atoms with Gasteiger partial charge in [-0.2, -0.15) is 0 Å². The van der Waals surface area contributed by atoms with E-state index in [0.717, 1.165) is 30.9 Å². The molecule has 154 valence electrons. The molecule has 6 heteroatoms. The summed E-state index contributed by atoms with van der Waals surface area (Å²) >= 11 is 0. The molecule has 0 atom stereocenters. The monoisotopic (exact) mass is 394 g/mol. The highest BCUT2D eigenvalue weighted by molar-refractivity contribution is 6.06. The molecule has 0 spiro atoms. The topological polar surface area (TPSA) is 65.5 Å². The molecule has 1 aliphatic rings. The third-order valence-corrected chi connectivity index (χ3v) is 5.33. The van der Waals surface area contributed by atoms with Crippen molar-refractivity contribution in [2.24, 2.45) is 0 Å². The van der Waals surface area contributed by atoms with E-state index >= 15 is 0 Å². The SMILES string of the molecule is CCN1CCN(C(=O)c2cc(C(=O)Nc3ccccc3C(C)(C)C)ccn2)CC1. The summed E-state index contributed by atoms with van der Waals surface area (Å²) in [5.74, 6) is -0.362. The van der Waals surface area contributed by atoms with Crippen molar-refractivity contribution < 1.29 is 9.59 Å². The number of benzene rings is 1. The molecule has 29 heavy (non-hydrogen) atoms. The van der Waals surface area contributed by atoms with Gasteiger partial charge in [-0.05, 0) is 35.7 Å². The van der Waals surface area contributed by atoms with Gasteiger partial charge in [0.25, 0.3) is 11.8 Å². The molecule has 3 rings (SSSR count). The molecule has 1 saturated heterocycles. The average Bonchev–Trinajstić information content (AvgIpc) is 2.73. The van der Waals surface area contributed by atoms with Crippen LogP contribution >= 0.6 is 0 Å². The Hall–Kier alpha value is -2.73. The number of nitrogens with zero attached hydrogens (tertiary/aromatic N) is 3. The molecule has 1 fully saturated rings. The molecular weight excluding hydrogens is 364 g/mol. The van der Waals surface area contributed by atoms with E-state index < -0.39 is 0 Å². The maximum absolute atomic E-state index is 12.9. The van der Waals surface area contributed by atoms with Crippen molar-refractivity contribution in [3.63, 3.8) is 0 Å².